The molecule has 1 aromatic heterocycles. The number of rotatable bonds is 0. The van der Waals surface area contributed by atoms with Crippen molar-refractivity contribution in [1.29, 1.82) is 0 Å². The van der Waals surface area contributed by atoms with Crippen molar-refractivity contribution in [3.63, 3.8) is 0 Å². The van der Waals surface area contributed by atoms with E-state index < -0.39 is 10.1 Å². The van der Waals surface area contributed by atoms with E-state index in [9.17, 15) is 8.42 Å². The second kappa shape index (κ2) is 5.44. The van der Waals surface area contributed by atoms with E-state index in [0.717, 1.165) is 11.0 Å². The Morgan fingerprint density at radius 3 is 2.40 bits per heavy atom. The molecular weight excluding hydrogens is 220 g/mol. The molecule has 0 saturated heterocycles. The second-order valence-corrected chi connectivity index (χ2v) is 4.06. The Bertz CT molecular complexity index is 468. The molecule has 0 aliphatic rings. The fourth-order valence-electron chi connectivity index (χ4n) is 0.810. The van der Waals surface area contributed by atoms with Crippen molar-refractivity contribution in [1.82, 2.24) is 11.3 Å². The highest BCUT2D eigenvalue weighted by Crippen LogP contribution is 2.10. The third-order valence-electron chi connectivity index (χ3n) is 1.26. The molecule has 1 heterocycles. The zero-order valence-electron chi connectivity index (χ0n) is 8.12. The van der Waals surface area contributed by atoms with Gasteiger partial charge in [0.15, 0.2) is 5.58 Å². The normalized spacial score (nSPS) is 10.0. The molecule has 0 bridgehead atoms. The van der Waals surface area contributed by atoms with Crippen LogP contribution in [0.4, 0.5) is 0 Å². The number of hydrogen-bond acceptors (Lipinski definition) is 5. The van der Waals surface area contributed by atoms with Crippen LogP contribution >= 0.6 is 0 Å². The molecule has 0 radical (unpaired) electrons. The Kier molecular flexibility index (Phi) is 4.92. The van der Waals surface area contributed by atoms with Gasteiger partial charge in [0, 0.05) is 5.39 Å². The van der Waals surface area contributed by atoms with Crippen LogP contribution in [0.5, 0.6) is 0 Å². The van der Waals surface area contributed by atoms with Crippen LogP contribution in [-0.2, 0) is 10.1 Å². The molecule has 15 heavy (non-hydrogen) atoms. The first-order valence-corrected chi connectivity index (χ1v) is 5.53. The highest BCUT2D eigenvalue weighted by atomic mass is 32.2. The summed E-state index contributed by atoms with van der Waals surface area (Å²) >= 11 is 0. The summed E-state index contributed by atoms with van der Waals surface area (Å²) in [5, 5.41) is 4.68. The van der Waals surface area contributed by atoms with Crippen LogP contribution in [0.15, 0.2) is 35.0 Å². The van der Waals surface area contributed by atoms with Crippen molar-refractivity contribution < 1.29 is 17.5 Å². The van der Waals surface area contributed by atoms with Crippen LogP contribution in [0.2, 0.25) is 0 Å². The number of nitrogens with zero attached hydrogens (tertiary/aromatic N) is 1. The monoisotopic (exact) mass is 232 g/mol. The van der Waals surface area contributed by atoms with Gasteiger partial charge in [0.25, 0.3) is 10.1 Å². The lowest BCUT2D eigenvalue weighted by molar-refractivity contribution is 0.456. The minimum atomic E-state index is -3.67. The quantitative estimate of drug-likeness (QED) is 0.665. The van der Waals surface area contributed by atoms with Gasteiger partial charge in [0.05, 0.1) is 12.5 Å². The lowest BCUT2D eigenvalue weighted by Crippen LogP contribution is -1.88. The van der Waals surface area contributed by atoms with Crippen molar-refractivity contribution in [2.24, 2.45) is 0 Å². The van der Waals surface area contributed by atoms with Gasteiger partial charge in [-0.2, -0.15) is 8.42 Å². The molecule has 0 spiro atoms. The molecule has 0 aliphatic heterocycles. The summed E-state index contributed by atoms with van der Waals surface area (Å²) in [6.07, 6.45) is 2.42. The second-order valence-electron chi connectivity index (χ2n) is 2.60. The van der Waals surface area contributed by atoms with Crippen LogP contribution < -0.4 is 6.15 Å². The fourth-order valence-corrected chi connectivity index (χ4v) is 0.810. The molecule has 6 nitrogen and oxygen atoms in total. The highest BCUT2D eigenvalue weighted by molar-refractivity contribution is 7.85. The van der Waals surface area contributed by atoms with E-state index in [-0.39, 0.29) is 6.15 Å². The van der Waals surface area contributed by atoms with Gasteiger partial charge >= 0.3 is 0 Å². The molecule has 4 N–H and O–H groups in total. The maximum atomic E-state index is 9.19. The van der Waals surface area contributed by atoms with Crippen LogP contribution in [-0.4, -0.2) is 24.4 Å². The average Bonchev–Trinajstić information content (AvgIpc) is 2.47. The Morgan fingerprint density at radius 1 is 1.33 bits per heavy atom. The van der Waals surface area contributed by atoms with Crippen molar-refractivity contribution in [3.05, 3.63) is 30.5 Å². The molecule has 2 rings (SSSR count). The SMILES string of the molecule is CS(=O)(=O)O.N.c1ccc2oncc2c1. The summed E-state index contributed by atoms with van der Waals surface area (Å²) in [5.41, 5.74) is 0.845. The molecule has 0 amide bonds. The summed E-state index contributed by atoms with van der Waals surface area (Å²) in [7, 11) is -3.67. The predicted molar refractivity (Wildman–Crippen MR) is 56.5 cm³/mol. The molecule has 0 saturated carbocycles. The number of fused-ring (bicyclic) bond motifs is 1. The van der Waals surface area contributed by atoms with Gasteiger partial charge in [0.2, 0.25) is 0 Å². The summed E-state index contributed by atoms with van der Waals surface area (Å²) in [6.45, 7) is 0. The van der Waals surface area contributed by atoms with E-state index >= 15 is 0 Å². The van der Waals surface area contributed by atoms with E-state index in [1.54, 1.807) is 6.20 Å². The third kappa shape index (κ3) is 5.78. The first-order valence-electron chi connectivity index (χ1n) is 3.69. The van der Waals surface area contributed by atoms with Crippen molar-refractivity contribution >= 4 is 21.1 Å². The van der Waals surface area contributed by atoms with Crippen LogP contribution in [0, 0.1) is 0 Å². The van der Waals surface area contributed by atoms with Gasteiger partial charge in [0.1, 0.15) is 0 Å². The van der Waals surface area contributed by atoms with Gasteiger partial charge in [-0.15, -0.1) is 0 Å². The number of benzene rings is 1. The standard InChI is InChI=1S/C7H5NO.CH4O3S.H3N/c1-2-4-7-6(3-1)5-8-9-7;1-5(2,3)4;/h1-5H;1H3,(H,2,3,4);1H3. The average molecular weight is 232 g/mol. The Balaban J connectivity index is 0.000000289. The van der Waals surface area contributed by atoms with E-state index in [1.807, 2.05) is 24.3 Å². The topological polar surface area (TPSA) is 115 Å². The van der Waals surface area contributed by atoms with Crippen LogP contribution in [0.1, 0.15) is 0 Å². The summed E-state index contributed by atoms with van der Waals surface area (Å²) in [4.78, 5) is 0. The van der Waals surface area contributed by atoms with E-state index in [1.165, 1.54) is 0 Å². The molecule has 7 heteroatoms. The smallest absolute Gasteiger partial charge is 0.261 e. The largest absolute Gasteiger partial charge is 0.356 e. The predicted octanol–water partition coefficient (Wildman–Crippen LogP) is 1.49. The number of aromatic nitrogens is 1. The molecule has 0 unspecified atom stereocenters. The van der Waals surface area contributed by atoms with Crippen molar-refractivity contribution in [3.8, 4) is 0 Å². The van der Waals surface area contributed by atoms with Gasteiger partial charge in [-0.25, -0.2) is 0 Å². The zero-order chi connectivity index (χ0) is 10.6. The van der Waals surface area contributed by atoms with Crippen LogP contribution in [0.3, 0.4) is 0 Å². The van der Waals surface area contributed by atoms with E-state index in [0.29, 0.717) is 6.26 Å². The molecule has 2 aromatic rings. The molecule has 0 atom stereocenters. The number of para-hydroxylation sites is 1. The lowest BCUT2D eigenvalue weighted by atomic mass is 10.3. The Morgan fingerprint density at radius 2 is 1.87 bits per heavy atom. The fraction of sp³-hybridized carbons (Fsp3) is 0.125. The van der Waals surface area contributed by atoms with Gasteiger partial charge in [-0.1, -0.05) is 17.3 Å². The first kappa shape index (κ1) is 13.6. The minimum absolute atomic E-state index is 0. The minimum Gasteiger partial charge on any atom is -0.356 e. The van der Waals surface area contributed by atoms with Crippen molar-refractivity contribution in [2.75, 3.05) is 6.26 Å². The summed E-state index contributed by atoms with van der Waals surface area (Å²) < 4.78 is 30.7. The maximum absolute atomic E-state index is 9.19. The summed E-state index contributed by atoms with van der Waals surface area (Å²) in [5.74, 6) is 0. The first-order chi connectivity index (χ1) is 6.47. The Hall–Kier alpha value is -1.44. The molecule has 84 valence electrons. The van der Waals surface area contributed by atoms with Gasteiger partial charge in [-0.3, -0.25) is 4.55 Å². The number of hydrogen-bond donors (Lipinski definition) is 2. The molecule has 0 fully saturated rings. The summed E-state index contributed by atoms with van der Waals surface area (Å²) in [6, 6.07) is 7.74. The third-order valence-corrected chi connectivity index (χ3v) is 1.26. The molecular formula is C8H12N2O4S. The van der Waals surface area contributed by atoms with Crippen molar-refractivity contribution in [2.45, 2.75) is 0 Å². The highest BCUT2D eigenvalue weighted by Gasteiger charge is 1.91. The van der Waals surface area contributed by atoms with E-state index in [2.05, 4.69) is 5.16 Å². The zero-order valence-corrected chi connectivity index (χ0v) is 8.94. The van der Waals surface area contributed by atoms with E-state index in [4.69, 9.17) is 9.08 Å². The van der Waals surface area contributed by atoms with Gasteiger partial charge < -0.3 is 10.7 Å². The van der Waals surface area contributed by atoms with Gasteiger partial charge in [-0.05, 0) is 12.1 Å². The molecule has 1 aromatic carbocycles. The van der Waals surface area contributed by atoms with Crippen LogP contribution in [0.25, 0.3) is 11.0 Å². The molecule has 0 aliphatic carbocycles. The maximum Gasteiger partial charge on any atom is 0.261 e. The Labute approximate surface area is 87.2 Å². The lowest BCUT2D eigenvalue weighted by Gasteiger charge is -1.78.